The third kappa shape index (κ3) is 9.17. The lowest BCUT2D eigenvalue weighted by Crippen LogP contribution is -2.55. The molecule has 0 radical (unpaired) electrons. The van der Waals surface area contributed by atoms with Gasteiger partial charge in [0.1, 0.15) is 18.7 Å². The first kappa shape index (κ1) is 39.5. The lowest BCUT2D eigenvalue weighted by molar-refractivity contribution is -0.146. The fraction of sp³-hybridized carbons (Fsp3) is 0.277. The van der Waals surface area contributed by atoms with E-state index < -0.39 is 23.7 Å². The second-order valence-electron chi connectivity index (χ2n) is 15.1. The van der Waals surface area contributed by atoms with Gasteiger partial charge in [-0.05, 0) is 70.5 Å². The van der Waals surface area contributed by atoms with Gasteiger partial charge >= 0.3 is 6.09 Å². The standard InChI is InChI=1S/C47H50N4O5/c1-47(2,49-46(55)56-31-40-38-22-13-11-20-36(38)37-21-12-14-23-39(37)40)27-15-24-43(52)50(4)42(30-33-25-26-34-18-9-10-19-35(34)28-33)45(54)51(5)41(44(53)48-3)29-32-16-7-6-8-17-32/h6-26,28,40-42H,27,29-31H2,1-5H3,(H,48,53)(H,49,55)/b24-15+/t41-,42-/m1/s1. The molecule has 288 valence electrons. The molecule has 5 aromatic rings. The van der Waals surface area contributed by atoms with Crippen LogP contribution in [-0.2, 0) is 32.0 Å². The minimum Gasteiger partial charge on any atom is -0.449 e. The van der Waals surface area contributed by atoms with E-state index in [1.807, 2.05) is 111 Å². The molecule has 0 saturated carbocycles. The van der Waals surface area contributed by atoms with Gasteiger partial charge in [0.05, 0.1) is 0 Å². The van der Waals surface area contributed by atoms with Crippen molar-refractivity contribution < 1.29 is 23.9 Å². The van der Waals surface area contributed by atoms with Gasteiger partial charge in [-0.1, -0.05) is 127 Å². The summed E-state index contributed by atoms with van der Waals surface area (Å²) in [6, 6.07) is 38.2. The van der Waals surface area contributed by atoms with Crippen molar-refractivity contribution in [3.05, 3.63) is 156 Å². The molecule has 2 N–H and O–H groups in total. The summed E-state index contributed by atoms with van der Waals surface area (Å²) < 4.78 is 5.77. The number of hydrogen-bond acceptors (Lipinski definition) is 5. The quantitative estimate of drug-likeness (QED) is 0.116. The summed E-state index contributed by atoms with van der Waals surface area (Å²) in [5.74, 6) is -1.09. The van der Waals surface area contributed by atoms with Crippen LogP contribution in [0, 0.1) is 0 Å². The number of amides is 4. The fourth-order valence-electron chi connectivity index (χ4n) is 7.46. The number of likely N-dealkylation sites (N-methyl/N-ethyl adjacent to an activating group) is 3. The molecule has 0 heterocycles. The zero-order valence-corrected chi connectivity index (χ0v) is 32.7. The smallest absolute Gasteiger partial charge is 0.407 e. The van der Waals surface area contributed by atoms with E-state index in [1.54, 1.807) is 27.2 Å². The predicted octanol–water partition coefficient (Wildman–Crippen LogP) is 7.29. The van der Waals surface area contributed by atoms with Crippen LogP contribution in [0.25, 0.3) is 21.9 Å². The molecule has 2 atom stereocenters. The maximum atomic E-state index is 14.4. The third-order valence-electron chi connectivity index (χ3n) is 10.7. The third-order valence-corrected chi connectivity index (χ3v) is 10.7. The molecule has 1 aliphatic rings. The SMILES string of the molecule is CNC(=O)[C@@H](Cc1ccccc1)N(C)C(=O)[C@@H](Cc1ccc2ccccc2c1)N(C)C(=O)/C=C/CC(C)(C)NC(=O)OCC1c2ccccc2-c2ccccc21. The van der Waals surface area contributed by atoms with Crippen molar-refractivity contribution >= 4 is 34.6 Å². The van der Waals surface area contributed by atoms with Crippen LogP contribution in [0.2, 0.25) is 0 Å². The Balaban J connectivity index is 1.13. The zero-order valence-electron chi connectivity index (χ0n) is 32.7. The number of nitrogens with zero attached hydrogens (tertiary/aromatic N) is 2. The van der Waals surface area contributed by atoms with Gasteiger partial charge in [-0.25, -0.2) is 4.79 Å². The molecule has 5 aromatic carbocycles. The van der Waals surface area contributed by atoms with E-state index in [2.05, 4.69) is 34.9 Å². The van der Waals surface area contributed by atoms with Crippen molar-refractivity contribution in [2.45, 2.75) is 56.7 Å². The van der Waals surface area contributed by atoms with Gasteiger partial charge in [-0.3, -0.25) is 14.4 Å². The van der Waals surface area contributed by atoms with Crippen LogP contribution < -0.4 is 10.6 Å². The van der Waals surface area contributed by atoms with Crippen molar-refractivity contribution in [3.8, 4) is 11.1 Å². The molecular formula is C47H50N4O5. The van der Waals surface area contributed by atoms with Gasteiger partial charge in [0.25, 0.3) is 0 Å². The molecule has 56 heavy (non-hydrogen) atoms. The van der Waals surface area contributed by atoms with E-state index >= 15 is 0 Å². The molecular weight excluding hydrogens is 701 g/mol. The highest BCUT2D eigenvalue weighted by Gasteiger charge is 2.35. The van der Waals surface area contributed by atoms with Crippen molar-refractivity contribution in [3.63, 3.8) is 0 Å². The van der Waals surface area contributed by atoms with Gasteiger partial charge in [-0.2, -0.15) is 0 Å². The Morgan fingerprint density at radius 3 is 1.96 bits per heavy atom. The molecule has 0 aromatic heterocycles. The average Bonchev–Trinajstić information content (AvgIpc) is 3.53. The summed E-state index contributed by atoms with van der Waals surface area (Å²) >= 11 is 0. The summed E-state index contributed by atoms with van der Waals surface area (Å²) in [4.78, 5) is 57.3. The number of carbonyl (C=O) groups excluding carboxylic acids is 4. The summed E-state index contributed by atoms with van der Waals surface area (Å²) in [6.07, 6.45) is 3.48. The maximum absolute atomic E-state index is 14.4. The van der Waals surface area contributed by atoms with Gasteiger partial charge in [0, 0.05) is 45.4 Å². The second-order valence-corrected chi connectivity index (χ2v) is 15.1. The van der Waals surface area contributed by atoms with Crippen molar-refractivity contribution in [1.82, 2.24) is 20.4 Å². The van der Waals surface area contributed by atoms with Gasteiger partial charge in [0.2, 0.25) is 17.7 Å². The molecule has 0 unspecified atom stereocenters. The van der Waals surface area contributed by atoms with Gasteiger partial charge in [0.15, 0.2) is 0 Å². The lowest BCUT2D eigenvalue weighted by Gasteiger charge is -2.34. The van der Waals surface area contributed by atoms with E-state index in [9.17, 15) is 19.2 Å². The van der Waals surface area contributed by atoms with Crippen LogP contribution >= 0.6 is 0 Å². The van der Waals surface area contributed by atoms with E-state index in [1.165, 1.54) is 15.9 Å². The minimum atomic E-state index is -0.909. The number of fused-ring (bicyclic) bond motifs is 4. The van der Waals surface area contributed by atoms with E-state index in [0.29, 0.717) is 12.8 Å². The lowest BCUT2D eigenvalue weighted by atomic mass is 9.98. The Kier molecular flexibility index (Phi) is 12.3. The van der Waals surface area contributed by atoms with Crippen LogP contribution in [0.15, 0.2) is 133 Å². The number of carbonyl (C=O) groups is 4. The first-order valence-corrected chi connectivity index (χ1v) is 19.0. The molecule has 0 saturated heterocycles. The highest BCUT2D eigenvalue weighted by Crippen LogP contribution is 2.44. The zero-order chi connectivity index (χ0) is 39.8. The highest BCUT2D eigenvalue weighted by molar-refractivity contribution is 5.95. The number of nitrogens with one attached hydrogen (secondary N) is 2. The minimum absolute atomic E-state index is 0.0569. The number of hydrogen-bond donors (Lipinski definition) is 2. The Hall–Kier alpha value is -6.22. The molecule has 0 aliphatic heterocycles. The highest BCUT2D eigenvalue weighted by atomic mass is 16.5. The summed E-state index contributed by atoms with van der Waals surface area (Å²) in [7, 11) is 4.77. The van der Waals surface area contributed by atoms with Crippen LogP contribution in [0.1, 0.15) is 48.4 Å². The monoisotopic (exact) mass is 750 g/mol. The van der Waals surface area contributed by atoms with Gasteiger partial charge < -0.3 is 25.2 Å². The van der Waals surface area contributed by atoms with Crippen LogP contribution in [0.3, 0.4) is 0 Å². The molecule has 0 spiro atoms. The number of ether oxygens (including phenoxy) is 1. The summed E-state index contributed by atoms with van der Waals surface area (Å²) in [5, 5.41) is 7.75. The first-order valence-electron chi connectivity index (χ1n) is 19.0. The van der Waals surface area contributed by atoms with Crippen molar-refractivity contribution in [2.75, 3.05) is 27.7 Å². The fourth-order valence-corrected chi connectivity index (χ4v) is 7.46. The topological polar surface area (TPSA) is 108 Å². The number of benzene rings is 5. The van der Waals surface area contributed by atoms with E-state index in [0.717, 1.165) is 44.2 Å². The largest absolute Gasteiger partial charge is 0.449 e. The van der Waals surface area contributed by atoms with Crippen molar-refractivity contribution in [2.24, 2.45) is 0 Å². The Bertz CT molecular complexity index is 2190. The van der Waals surface area contributed by atoms with Crippen LogP contribution in [0.4, 0.5) is 4.79 Å². The number of rotatable bonds is 14. The van der Waals surface area contributed by atoms with Crippen LogP contribution in [0.5, 0.6) is 0 Å². The Morgan fingerprint density at radius 1 is 0.714 bits per heavy atom. The maximum Gasteiger partial charge on any atom is 0.407 e. The Labute approximate surface area is 329 Å². The predicted molar refractivity (Wildman–Crippen MR) is 221 cm³/mol. The molecule has 9 nitrogen and oxygen atoms in total. The molecule has 0 bridgehead atoms. The molecule has 1 aliphatic carbocycles. The van der Waals surface area contributed by atoms with Gasteiger partial charge in [-0.15, -0.1) is 0 Å². The molecule has 0 fully saturated rings. The van der Waals surface area contributed by atoms with E-state index in [4.69, 9.17) is 4.74 Å². The average molecular weight is 751 g/mol. The summed E-state index contributed by atoms with van der Waals surface area (Å²) in [5.41, 5.74) is 5.63. The Morgan fingerprint density at radius 2 is 1.30 bits per heavy atom. The second kappa shape index (κ2) is 17.5. The normalized spacial score (nSPS) is 13.4. The molecule has 6 rings (SSSR count). The number of alkyl carbamates (subject to hydrolysis) is 1. The summed E-state index contributed by atoms with van der Waals surface area (Å²) in [6.45, 7) is 3.92. The molecule has 9 heteroatoms. The first-order chi connectivity index (χ1) is 27.0. The molecule has 4 amide bonds. The van der Waals surface area contributed by atoms with E-state index in [-0.39, 0.29) is 36.7 Å². The van der Waals surface area contributed by atoms with Crippen LogP contribution in [-0.4, -0.2) is 79.0 Å². The van der Waals surface area contributed by atoms with Crippen molar-refractivity contribution in [1.29, 1.82) is 0 Å².